The van der Waals surface area contributed by atoms with Crippen LogP contribution in [0.5, 0.6) is 0 Å². The van der Waals surface area contributed by atoms with Gasteiger partial charge in [0.25, 0.3) is 0 Å². The zero-order valence-corrected chi connectivity index (χ0v) is 13.8. The van der Waals surface area contributed by atoms with Crippen LogP contribution in [0.1, 0.15) is 51.6 Å². The molecule has 1 rings (SSSR count). The van der Waals surface area contributed by atoms with E-state index in [4.69, 9.17) is 4.74 Å². The van der Waals surface area contributed by atoms with Gasteiger partial charge in [-0.15, -0.1) is 0 Å². The summed E-state index contributed by atoms with van der Waals surface area (Å²) >= 11 is 0. The van der Waals surface area contributed by atoms with E-state index in [1.807, 2.05) is 19.1 Å². The molecule has 0 aliphatic rings. The number of carbonyl (C=O) groups excluding carboxylic acids is 3. The molecule has 0 aliphatic heterocycles. The monoisotopic (exact) mass is 320 g/mol. The second kappa shape index (κ2) is 9.61. The van der Waals surface area contributed by atoms with Gasteiger partial charge in [0.15, 0.2) is 0 Å². The lowest BCUT2D eigenvalue weighted by Crippen LogP contribution is -2.27. The van der Waals surface area contributed by atoms with Gasteiger partial charge in [-0.3, -0.25) is 14.4 Å². The molecule has 0 spiro atoms. The Morgan fingerprint density at radius 1 is 1.04 bits per heavy atom. The van der Waals surface area contributed by atoms with Crippen molar-refractivity contribution in [3.05, 3.63) is 29.8 Å². The molecule has 1 atom stereocenters. The number of carbonyl (C=O) groups is 3. The molecule has 6 heteroatoms. The van der Waals surface area contributed by atoms with Crippen LogP contribution in [0.2, 0.25) is 0 Å². The van der Waals surface area contributed by atoms with E-state index in [9.17, 15) is 14.4 Å². The molecular formula is C17H24N2O4. The van der Waals surface area contributed by atoms with E-state index in [2.05, 4.69) is 10.6 Å². The summed E-state index contributed by atoms with van der Waals surface area (Å²) in [6.07, 6.45) is 0.608. The van der Waals surface area contributed by atoms with Gasteiger partial charge in [-0.1, -0.05) is 19.1 Å². The molecule has 126 valence electrons. The maximum absolute atomic E-state index is 11.8. The molecule has 2 N–H and O–H groups in total. The fraction of sp³-hybridized carbons (Fsp3) is 0.471. The van der Waals surface area contributed by atoms with Gasteiger partial charge >= 0.3 is 5.97 Å². The lowest BCUT2D eigenvalue weighted by molar-refractivity contribution is -0.144. The third kappa shape index (κ3) is 6.95. The summed E-state index contributed by atoms with van der Waals surface area (Å²) in [6.45, 7) is 5.70. The van der Waals surface area contributed by atoms with E-state index in [-0.39, 0.29) is 36.7 Å². The van der Waals surface area contributed by atoms with E-state index >= 15 is 0 Å². The van der Waals surface area contributed by atoms with Crippen molar-refractivity contribution in [2.24, 2.45) is 0 Å². The smallest absolute Gasteiger partial charge is 0.306 e. The molecule has 1 aromatic carbocycles. The highest BCUT2D eigenvalue weighted by molar-refractivity contribution is 5.90. The molecule has 23 heavy (non-hydrogen) atoms. The quantitative estimate of drug-likeness (QED) is 0.721. The number of nitrogens with one attached hydrogen (secondary N) is 2. The second-order valence-corrected chi connectivity index (χ2v) is 5.12. The first-order valence-corrected chi connectivity index (χ1v) is 7.81. The van der Waals surface area contributed by atoms with Crippen LogP contribution < -0.4 is 10.6 Å². The molecule has 0 aromatic heterocycles. The SMILES string of the molecule is CCOC(=O)CCC(=O)NC(C)c1ccc(NC(=O)CC)cc1. The Hall–Kier alpha value is -2.37. The van der Waals surface area contributed by atoms with Crippen molar-refractivity contribution in [2.75, 3.05) is 11.9 Å². The normalized spacial score (nSPS) is 11.4. The van der Waals surface area contributed by atoms with Crippen LogP contribution in [0.3, 0.4) is 0 Å². The molecule has 0 radical (unpaired) electrons. The molecular weight excluding hydrogens is 296 g/mol. The maximum atomic E-state index is 11.8. The molecule has 0 aliphatic carbocycles. The minimum absolute atomic E-state index is 0.0435. The van der Waals surface area contributed by atoms with E-state index in [1.165, 1.54) is 0 Å². The maximum Gasteiger partial charge on any atom is 0.306 e. The second-order valence-electron chi connectivity index (χ2n) is 5.12. The predicted molar refractivity (Wildman–Crippen MR) is 87.8 cm³/mol. The number of esters is 1. The Labute approximate surface area is 136 Å². The van der Waals surface area contributed by atoms with Crippen molar-refractivity contribution in [1.82, 2.24) is 5.32 Å². The van der Waals surface area contributed by atoms with E-state index in [0.717, 1.165) is 11.3 Å². The first-order chi connectivity index (χ1) is 11.0. The van der Waals surface area contributed by atoms with Gasteiger partial charge in [0, 0.05) is 18.5 Å². The molecule has 2 amide bonds. The number of benzene rings is 1. The Bertz CT molecular complexity index is 540. The van der Waals surface area contributed by atoms with E-state index in [0.29, 0.717) is 13.0 Å². The topological polar surface area (TPSA) is 84.5 Å². The number of ether oxygens (including phenoxy) is 1. The third-order valence-corrected chi connectivity index (χ3v) is 3.25. The summed E-state index contributed by atoms with van der Waals surface area (Å²) < 4.78 is 4.78. The zero-order chi connectivity index (χ0) is 17.2. The molecule has 0 heterocycles. The van der Waals surface area contributed by atoms with Crippen molar-refractivity contribution in [3.8, 4) is 0 Å². The Morgan fingerprint density at radius 3 is 2.26 bits per heavy atom. The average molecular weight is 320 g/mol. The minimum atomic E-state index is -0.369. The fourth-order valence-electron chi connectivity index (χ4n) is 1.95. The standard InChI is InChI=1S/C17H24N2O4/c1-4-15(20)19-14-8-6-13(7-9-14)12(3)18-16(21)10-11-17(22)23-5-2/h6-9,12H,4-5,10-11H2,1-3H3,(H,18,21)(H,19,20). The fourth-order valence-corrected chi connectivity index (χ4v) is 1.95. The Balaban J connectivity index is 2.47. The largest absolute Gasteiger partial charge is 0.466 e. The summed E-state index contributed by atoms with van der Waals surface area (Å²) in [5, 5.41) is 5.60. The lowest BCUT2D eigenvalue weighted by Gasteiger charge is -2.15. The predicted octanol–water partition coefficient (Wildman–Crippen LogP) is 2.56. The van der Waals surface area contributed by atoms with Crippen molar-refractivity contribution < 1.29 is 19.1 Å². The lowest BCUT2D eigenvalue weighted by atomic mass is 10.1. The van der Waals surface area contributed by atoms with Crippen LogP contribution in [0, 0.1) is 0 Å². The third-order valence-electron chi connectivity index (χ3n) is 3.25. The van der Waals surface area contributed by atoms with Crippen molar-refractivity contribution in [3.63, 3.8) is 0 Å². The molecule has 1 unspecified atom stereocenters. The number of anilines is 1. The molecule has 0 saturated heterocycles. The first-order valence-electron chi connectivity index (χ1n) is 7.81. The summed E-state index contributed by atoms with van der Waals surface area (Å²) in [5.74, 6) is -0.613. The zero-order valence-electron chi connectivity index (χ0n) is 13.8. The first kappa shape index (κ1) is 18.7. The molecule has 0 saturated carbocycles. The van der Waals surface area contributed by atoms with Crippen LogP contribution in [0.15, 0.2) is 24.3 Å². The highest BCUT2D eigenvalue weighted by Gasteiger charge is 2.12. The Kier molecular flexibility index (Phi) is 7.80. The van der Waals surface area contributed by atoms with Gasteiger partial charge < -0.3 is 15.4 Å². The van der Waals surface area contributed by atoms with Crippen LogP contribution in [0.4, 0.5) is 5.69 Å². The van der Waals surface area contributed by atoms with Gasteiger partial charge in [-0.25, -0.2) is 0 Å². The number of rotatable bonds is 8. The highest BCUT2D eigenvalue weighted by atomic mass is 16.5. The van der Waals surface area contributed by atoms with Gasteiger partial charge in [0.05, 0.1) is 19.1 Å². The van der Waals surface area contributed by atoms with Crippen LogP contribution in [-0.4, -0.2) is 24.4 Å². The van der Waals surface area contributed by atoms with Gasteiger partial charge in [-0.2, -0.15) is 0 Å². The van der Waals surface area contributed by atoms with E-state index in [1.54, 1.807) is 26.0 Å². The van der Waals surface area contributed by atoms with Crippen LogP contribution in [0.25, 0.3) is 0 Å². The van der Waals surface area contributed by atoms with Gasteiger partial charge in [0.2, 0.25) is 11.8 Å². The summed E-state index contributed by atoms with van der Waals surface area (Å²) in [5.41, 5.74) is 1.64. The molecule has 0 bridgehead atoms. The number of amides is 2. The van der Waals surface area contributed by atoms with Crippen molar-refractivity contribution in [2.45, 2.75) is 46.1 Å². The molecule has 0 fully saturated rings. The summed E-state index contributed by atoms with van der Waals surface area (Å²) in [7, 11) is 0. The number of hydrogen-bond acceptors (Lipinski definition) is 4. The summed E-state index contributed by atoms with van der Waals surface area (Å²) in [4.78, 5) is 34.3. The molecule has 6 nitrogen and oxygen atoms in total. The highest BCUT2D eigenvalue weighted by Crippen LogP contribution is 2.16. The van der Waals surface area contributed by atoms with Crippen LogP contribution >= 0.6 is 0 Å². The Morgan fingerprint density at radius 2 is 1.70 bits per heavy atom. The molecule has 1 aromatic rings. The minimum Gasteiger partial charge on any atom is -0.466 e. The number of hydrogen-bond donors (Lipinski definition) is 2. The van der Waals surface area contributed by atoms with Crippen LogP contribution in [-0.2, 0) is 19.1 Å². The van der Waals surface area contributed by atoms with Gasteiger partial charge in [0.1, 0.15) is 0 Å². The van der Waals surface area contributed by atoms with Crippen molar-refractivity contribution in [1.29, 1.82) is 0 Å². The van der Waals surface area contributed by atoms with Gasteiger partial charge in [-0.05, 0) is 31.5 Å². The summed E-state index contributed by atoms with van der Waals surface area (Å²) in [6, 6.07) is 7.11. The van der Waals surface area contributed by atoms with Crippen molar-refractivity contribution >= 4 is 23.5 Å². The van der Waals surface area contributed by atoms with E-state index < -0.39 is 0 Å². The average Bonchev–Trinajstić information content (AvgIpc) is 2.53.